The highest BCUT2D eigenvalue weighted by atomic mass is 32.2. The Morgan fingerprint density at radius 1 is 1.23 bits per heavy atom. The Hall–Kier alpha value is -1.94. The standard InChI is InChI=1S/C17H24N2O6S/c1-4-24-17(20)16-12(2)14-11-13(5-6-15(14)25-16)26(21,22)19-8-7-18-9-10-23-3/h5-6,11,18-19H,4,7-10H2,1-3H3. The molecule has 0 saturated heterocycles. The minimum absolute atomic E-state index is 0.0895. The van der Waals surface area contributed by atoms with Crippen molar-refractivity contribution in [2.24, 2.45) is 0 Å². The Morgan fingerprint density at radius 3 is 2.69 bits per heavy atom. The average Bonchev–Trinajstić information content (AvgIpc) is 2.95. The first kappa shape index (κ1) is 20.4. The third-order valence-electron chi connectivity index (χ3n) is 3.76. The van der Waals surface area contributed by atoms with E-state index in [1.807, 2.05) is 0 Å². The van der Waals surface area contributed by atoms with Gasteiger partial charge in [-0.05, 0) is 32.0 Å². The van der Waals surface area contributed by atoms with Gasteiger partial charge in [0.2, 0.25) is 15.8 Å². The Balaban J connectivity index is 2.14. The number of hydrogen-bond donors (Lipinski definition) is 2. The summed E-state index contributed by atoms with van der Waals surface area (Å²) in [7, 11) is -2.06. The number of esters is 1. The molecule has 2 rings (SSSR count). The Bertz CT molecular complexity index is 860. The summed E-state index contributed by atoms with van der Waals surface area (Å²) >= 11 is 0. The molecular formula is C17H24N2O6S. The molecule has 9 heteroatoms. The molecule has 26 heavy (non-hydrogen) atoms. The van der Waals surface area contributed by atoms with Gasteiger partial charge in [0.15, 0.2) is 0 Å². The van der Waals surface area contributed by atoms with Crippen molar-refractivity contribution in [3.8, 4) is 0 Å². The number of hydrogen-bond acceptors (Lipinski definition) is 7. The third kappa shape index (κ3) is 4.82. The average molecular weight is 384 g/mol. The predicted molar refractivity (Wildman–Crippen MR) is 96.8 cm³/mol. The van der Waals surface area contributed by atoms with E-state index >= 15 is 0 Å². The monoisotopic (exact) mass is 384 g/mol. The molecule has 8 nitrogen and oxygen atoms in total. The second-order valence-electron chi connectivity index (χ2n) is 5.58. The van der Waals surface area contributed by atoms with E-state index in [1.54, 1.807) is 21.0 Å². The SMILES string of the molecule is CCOC(=O)c1oc2ccc(S(=O)(=O)NCCNCCOC)cc2c1C. The van der Waals surface area contributed by atoms with Crippen LogP contribution in [0.15, 0.2) is 27.5 Å². The maximum atomic E-state index is 12.4. The molecule has 0 unspecified atom stereocenters. The zero-order valence-corrected chi connectivity index (χ0v) is 15.9. The molecule has 0 aliphatic rings. The van der Waals surface area contributed by atoms with Gasteiger partial charge in [0, 0.05) is 37.7 Å². The number of ether oxygens (including phenoxy) is 2. The molecule has 0 fully saturated rings. The van der Waals surface area contributed by atoms with Crippen LogP contribution >= 0.6 is 0 Å². The second kappa shape index (κ2) is 9.13. The van der Waals surface area contributed by atoms with E-state index in [1.165, 1.54) is 18.2 Å². The molecule has 0 bridgehead atoms. The zero-order valence-electron chi connectivity index (χ0n) is 15.1. The van der Waals surface area contributed by atoms with Crippen LogP contribution in [0.25, 0.3) is 11.0 Å². The number of sulfonamides is 1. The van der Waals surface area contributed by atoms with Crippen molar-refractivity contribution in [2.45, 2.75) is 18.7 Å². The summed E-state index contributed by atoms with van der Waals surface area (Å²) in [4.78, 5) is 12.0. The topological polar surface area (TPSA) is 107 Å². The Labute approximate surface area is 152 Å². The van der Waals surface area contributed by atoms with Crippen LogP contribution in [-0.2, 0) is 19.5 Å². The number of nitrogens with one attached hydrogen (secondary N) is 2. The molecule has 1 heterocycles. The number of fused-ring (bicyclic) bond motifs is 1. The summed E-state index contributed by atoms with van der Waals surface area (Å²) in [6.45, 7) is 5.58. The van der Waals surface area contributed by atoms with E-state index in [9.17, 15) is 13.2 Å². The lowest BCUT2D eigenvalue weighted by atomic mass is 10.1. The highest BCUT2D eigenvalue weighted by Crippen LogP contribution is 2.28. The molecular weight excluding hydrogens is 360 g/mol. The number of benzene rings is 1. The molecule has 1 aromatic heterocycles. The van der Waals surface area contributed by atoms with Crippen LogP contribution in [0.1, 0.15) is 23.0 Å². The lowest BCUT2D eigenvalue weighted by molar-refractivity contribution is 0.0491. The molecule has 2 N–H and O–H groups in total. The van der Waals surface area contributed by atoms with E-state index in [2.05, 4.69) is 10.0 Å². The molecule has 2 aromatic rings. The molecule has 144 valence electrons. The van der Waals surface area contributed by atoms with Crippen molar-refractivity contribution >= 4 is 27.0 Å². The van der Waals surface area contributed by atoms with Crippen molar-refractivity contribution < 1.29 is 27.1 Å². The molecule has 0 saturated carbocycles. The van der Waals surface area contributed by atoms with Crippen LogP contribution in [0.3, 0.4) is 0 Å². The van der Waals surface area contributed by atoms with Gasteiger partial charge < -0.3 is 19.2 Å². The summed E-state index contributed by atoms with van der Waals surface area (Å²) in [6.07, 6.45) is 0. The maximum Gasteiger partial charge on any atom is 0.374 e. The fourth-order valence-corrected chi connectivity index (χ4v) is 3.47. The number of methoxy groups -OCH3 is 1. The van der Waals surface area contributed by atoms with E-state index in [0.29, 0.717) is 36.2 Å². The fourth-order valence-electron chi connectivity index (χ4n) is 2.41. The number of carbonyl (C=O) groups excluding carboxylic acids is 1. The van der Waals surface area contributed by atoms with Gasteiger partial charge in [0.1, 0.15) is 5.58 Å². The van der Waals surface area contributed by atoms with Crippen molar-refractivity contribution in [3.05, 3.63) is 29.5 Å². The first-order valence-electron chi connectivity index (χ1n) is 8.30. The van der Waals surface area contributed by atoms with Crippen LogP contribution < -0.4 is 10.0 Å². The van der Waals surface area contributed by atoms with E-state index in [4.69, 9.17) is 13.9 Å². The van der Waals surface area contributed by atoms with Crippen LogP contribution in [0.2, 0.25) is 0 Å². The zero-order chi connectivity index (χ0) is 19.2. The number of furan rings is 1. The van der Waals surface area contributed by atoms with Gasteiger partial charge in [-0.3, -0.25) is 0 Å². The highest BCUT2D eigenvalue weighted by Gasteiger charge is 2.21. The van der Waals surface area contributed by atoms with Crippen LogP contribution in [0, 0.1) is 6.92 Å². The van der Waals surface area contributed by atoms with E-state index in [-0.39, 0.29) is 23.8 Å². The normalized spacial score (nSPS) is 11.8. The second-order valence-corrected chi connectivity index (χ2v) is 7.34. The molecule has 0 amide bonds. The van der Waals surface area contributed by atoms with Crippen LogP contribution in [-0.4, -0.2) is 54.3 Å². The fraction of sp³-hybridized carbons (Fsp3) is 0.471. The minimum Gasteiger partial charge on any atom is -0.460 e. The van der Waals surface area contributed by atoms with Crippen molar-refractivity contribution in [1.82, 2.24) is 10.0 Å². The van der Waals surface area contributed by atoms with Gasteiger partial charge in [-0.2, -0.15) is 0 Å². The largest absolute Gasteiger partial charge is 0.460 e. The summed E-state index contributed by atoms with van der Waals surface area (Å²) in [6, 6.07) is 4.48. The van der Waals surface area contributed by atoms with Crippen LogP contribution in [0.5, 0.6) is 0 Å². The van der Waals surface area contributed by atoms with Gasteiger partial charge >= 0.3 is 5.97 Å². The molecule has 0 aliphatic heterocycles. The smallest absolute Gasteiger partial charge is 0.374 e. The van der Waals surface area contributed by atoms with Gasteiger partial charge in [0.05, 0.1) is 18.1 Å². The highest BCUT2D eigenvalue weighted by molar-refractivity contribution is 7.89. The summed E-state index contributed by atoms with van der Waals surface area (Å²) in [5.74, 6) is -0.474. The van der Waals surface area contributed by atoms with Gasteiger partial charge in [0.25, 0.3) is 0 Å². The molecule has 0 radical (unpaired) electrons. The lowest BCUT2D eigenvalue weighted by Gasteiger charge is -2.08. The molecule has 0 atom stereocenters. The Kier molecular flexibility index (Phi) is 7.15. The summed E-state index contributed by atoms with van der Waals surface area (Å²) in [5.41, 5.74) is 0.988. The van der Waals surface area contributed by atoms with Crippen molar-refractivity contribution in [2.75, 3.05) is 40.0 Å². The maximum absolute atomic E-state index is 12.4. The number of rotatable bonds is 10. The first-order chi connectivity index (χ1) is 12.4. The van der Waals surface area contributed by atoms with Crippen LogP contribution in [0.4, 0.5) is 0 Å². The molecule has 0 spiro atoms. The summed E-state index contributed by atoms with van der Waals surface area (Å²) < 4.78 is 42.8. The number of aryl methyl sites for hydroxylation is 1. The van der Waals surface area contributed by atoms with E-state index in [0.717, 1.165) is 0 Å². The third-order valence-corrected chi connectivity index (χ3v) is 5.21. The van der Waals surface area contributed by atoms with Crippen molar-refractivity contribution in [3.63, 3.8) is 0 Å². The molecule has 0 aliphatic carbocycles. The predicted octanol–water partition coefficient (Wildman–Crippen LogP) is 1.43. The summed E-state index contributed by atoms with van der Waals surface area (Å²) in [5, 5.41) is 3.62. The minimum atomic E-state index is -3.66. The number of carbonyl (C=O) groups is 1. The van der Waals surface area contributed by atoms with Gasteiger partial charge in [-0.15, -0.1) is 0 Å². The first-order valence-corrected chi connectivity index (χ1v) is 9.78. The van der Waals surface area contributed by atoms with Gasteiger partial charge in [-0.25, -0.2) is 17.9 Å². The molecule has 1 aromatic carbocycles. The lowest BCUT2D eigenvalue weighted by Crippen LogP contribution is -2.33. The van der Waals surface area contributed by atoms with E-state index < -0.39 is 16.0 Å². The quantitative estimate of drug-likeness (QED) is 0.471. The Morgan fingerprint density at radius 2 is 2.00 bits per heavy atom. The van der Waals surface area contributed by atoms with Crippen molar-refractivity contribution in [1.29, 1.82) is 0 Å². The van der Waals surface area contributed by atoms with Gasteiger partial charge in [-0.1, -0.05) is 0 Å².